The number of carbonyl (C=O) groups is 3. The predicted octanol–water partition coefficient (Wildman–Crippen LogP) is 1.23. The molecule has 3 atom stereocenters. The first-order valence-corrected chi connectivity index (χ1v) is 9.60. The Kier molecular flexibility index (Phi) is 6.43. The first-order chi connectivity index (χ1) is 13.6. The van der Waals surface area contributed by atoms with Gasteiger partial charge >= 0.3 is 0 Å². The van der Waals surface area contributed by atoms with Crippen LogP contribution in [0, 0.1) is 17.2 Å². The van der Waals surface area contributed by atoms with Crippen molar-refractivity contribution in [3.05, 3.63) is 42.0 Å². The van der Waals surface area contributed by atoms with Gasteiger partial charge < -0.3 is 15.5 Å². The van der Waals surface area contributed by atoms with E-state index in [1.165, 1.54) is 6.08 Å². The van der Waals surface area contributed by atoms with Gasteiger partial charge in [0, 0.05) is 25.1 Å². The highest BCUT2D eigenvalue weighted by molar-refractivity contribution is 5.96. The number of nitriles is 1. The Hall–Kier alpha value is -3.14. The number of nitrogens with one attached hydrogen (secondary N) is 2. The first-order valence-electron chi connectivity index (χ1n) is 9.60. The Bertz CT molecular complexity index is 800. The molecule has 2 fully saturated rings. The summed E-state index contributed by atoms with van der Waals surface area (Å²) in [7, 11) is 0. The predicted molar refractivity (Wildman–Crippen MR) is 103 cm³/mol. The topological polar surface area (TPSA) is 102 Å². The smallest absolute Gasteiger partial charge is 0.247 e. The molecule has 0 aromatic heterocycles. The monoisotopic (exact) mass is 380 g/mol. The molecule has 7 heteroatoms. The normalized spacial score (nSPS) is 22.7. The zero-order valence-corrected chi connectivity index (χ0v) is 15.6. The van der Waals surface area contributed by atoms with Crippen LogP contribution in [0.25, 0.3) is 6.08 Å². The van der Waals surface area contributed by atoms with E-state index in [4.69, 9.17) is 0 Å². The van der Waals surface area contributed by atoms with Gasteiger partial charge in [0.25, 0.3) is 0 Å². The van der Waals surface area contributed by atoms with Gasteiger partial charge in [0.1, 0.15) is 12.1 Å². The minimum Gasteiger partial charge on any atom is -0.356 e. The van der Waals surface area contributed by atoms with E-state index in [1.807, 2.05) is 30.3 Å². The minimum absolute atomic E-state index is 0.0711. The van der Waals surface area contributed by atoms with Crippen LogP contribution >= 0.6 is 0 Å². The van der Waals surface area contributed by atoms with Crippen molar-refractivity contribution in [2.24, 2.45) is 5.92 Å². The third-order valence-electron chi connectivity index (χ3n) is 5.21. The van der Waals surface area contributed by atoms with Crippen molar-refractivity contribution in [3.63, 3.8) is 0 Å². The molecule has 146 valence electrons. The lowest BCUT2D eigenvalue weighted by Crippen LogP contribution is -2.48. The summed E-state index contributed by atoms with van der Waals surface area (Å²) < 4.78 is 0. The molecule has 1 aromatic carbocycles. The van der Waals surface area contributed by atoms with Gasteiger partial charge in [0.2, 0.25) is 17.7 Å². The van der Waals surface area contributed by atoms with Crippen molar-refractivity contribution >= 4 is 23.8 Å². The van der Waals surface area contributed by atoms with E-state index in [0.717, 1.165) is 12.0 Å². The molecule has 0 spiro atoms. The molecule has 0 unspecified atom stereocenters. The second-order valence-corrected chi connectivity index (χ2v) is 7.14. The highest BCUT2D eigenvalue weighted by Crippen LogP contribution is 2.20. The fourth-order valence-corrected chi connectivity index (χ4v) is 3.70. The molecule has 7 nitrogen and oxygen atoms in total. The standard InChI is InChI=1S/C21H24N4O3/c22-14-17(13-16-10-11-23-20(16)27)24-21(28)18-7-4-12-25(18)19(26)9-8-15-5-2-1-3-6-15/h1-3,5-6,8-9,16-18H,4,7,10-13H2,(H,23,27)(H,24,28)/b9-8+/t16-,17-,18-/m0/s1. The highest BCUT2D eigenvalue weighted by atomic mass is 16.2. The minimum atomic E-state index is -0.737. The van der Waals surface area contributed by atoms with Crippen LogP contribution in [0.4, 0.5) is 0 Å². The Labute approximate surface area is 164 Å². The van der Waals surface area contributed by atoms with E-state index < -0.39 is 12.1 Å². The highest BCUT2D eigenvalue weighted by Gasteiger charge is 2.35. The SMILES string of the molecule is N#C[C@H](C[C@@H]1CCNC1=O)NC(=O)[C@@H]1CCCN1C(=O)/C=C/c1ccccc1. The number of hydrogen-bond donors (Lipinski definition) is 2. The van der Waals surface area contributed by atoms with E-state index in [0.29, 0.717) is 32.4 Å². The van der Waals surface area contributed by atoms with E-state index >= 15 is 0 Å². The molecule has 0 radical (unpaired) electrons. The average Bonchev–Trinajstić information content (AvgIpc) is 3.36. The summed E-state index contributed by atoms with van der Waals surface area (Å²) in [4.78, 5) is 38.5. The van der Waals surface area contributed by atoms with Crippen LogP contribution in [-0.2, 0) is 14.4 Å². The summed E-state index contributed by atoms with van der Waals surface area (Å²) >= 11 is 0. The summed E-state index contributed by atoms with van der Waals surface area (Å²) in [6.45, 7) is 1.12. The summed E-state index contributed by atoms with van der Waals surface area (Å²) in [6, 6.07) is 10.2. The third-order valence-corrected chi connectivity index (χ3v) is 5.21. The second-order valence-electron chi connectivity index (χ2n) is 7.14. The van der Waals surface area contributed by atoms with Gasteiger partial charge in [-0.2, -0.15) is 5.26 Å². The van der Waals surface area contributed by atoms with Crippen molar-refractivity contribution in [1.82, 2.24) is 15.5 Å². The fourth-order valence-electron chi connectivity index (χ4n) is 3.70. The number of benzene rings is 1. The molecule has 3 rings (SSSR count). The molecule has 0 bridgehead atoms. The van der Waals surface area contributed by atoms with Crippen LogP contribution in [0.5, 0.6) is 0 Å². The molecule has 0 aliphatic carbocycles. The van der Waals surface area contributed by atoms with Crippen LogP contribution in [0.15, 0.2) is 36.4 Å². The quantitative estimate of drug-likeness (QED) is 0.725. The number of hydrogen-bond acceptors (Lipinski definition) is 4. The zero-order valence-electron chi connectivity index (χ0n) is 15.6. The van der Waals surface area contributed by atoms with Crippen molar-refractivity contribution < 1.29 is 14.4 Å². The maximum absolute atomic E-state index is 12.7. The molecule has 2 aliphatic heterocycles. The summed E-state index contributed by atoms with van der Waals surface area (Å²) in [6.07, 6.45) is 5.48. The molecule has 3 amide bonds. The Morgan fingerprint density at radius 1 is 1.32 bits per heavy atom. The lowest BCUT2D eigenvalue weighted by atomic mass is 9.99. The molecule has 2 N–H and O–H groups in total. The molecule has 1 aromatic rings. The van der Waals surface area contributed by atoms with Crippen LogP contribution < -0.4 is 10.6 Å². The van der Waals surface area contributed by atoms with Gasteiger partial charge in [-0.3, -0.25) is 14.4 Å². The van der Waals surface area contributed by atoms with Crippen LogP contribution in [0.1, 0.15) is 31.2 Å². The van der Waals surface area contributed by atoms with Gasteiger partial charge in [-0.05, 0) is 37.3 Å². The first kappa shape index (κ1) is 19.6. The number of amides is 3. The van der Waals surface area contributed by atoms with Gasteiger partial charge in [-0.15, -0.1) is 0 Å². The molecular formula is C21H24N4O3. The van der Waals surface area contributed by atoms with Crippen molar-refractivity contribution in [2.45, 2.75) is 37.8 Å². The zero-order chi connectivity index (χ0) is 19.9. The van der Waals surface area contributed by atoms with Crippen molar-refractivity contribution in [1.29, 1.82) is 5.26 Å². The largest absolute Gasteiger partial charge is 0.356 e. The van der Waals surface area contributed by atoms with Crippen LogP contribution in [-0.4, -0.2) is 47.8 Å². The number of likely N-dealkylation sites (tertiary alicyclic amines) is 1. The summed E-state index contributed by atoms with van der Waals surface area (Å²) in [5.41, 5.74) is 0.912. The second kappa shape index (κ2) is 9.18. The van der Waals surface area contributed by atoms with E-state index in [2.05, 4.69) is 16.7 Å². The van der Waals surface area contributed by atoms with E-state index in [-0.39, 0.29) is 23.6 Å². The van der Waals surface area contributed by atoms with E-state index in [9.17, 15) is 19.6 Å². The lowest BCUT2D eigenvalue weighted by Gasteiger charge is -2.24. The molecule has 2 heterocycles. The number of carbonyl (C=O) groups excluding carboxylic acids is 3. The van der Waals surface area contributed by atoms with Crippen LogP contribution in [0.2, 0.25) is 0 Å². The fraction of sp³-hybridized carbons (Fsp3) is 0.429. The number of rotatable bonds is 6. The third kappa shape index (κ3) is 4.77. The molecule has 2 saturated heterocycles. The van der Waals surface area contributed by atoms with Gasteiger partial charge in [-0.25, -0.2) is 0 Å². The Balaban J connectivity index is 1.58. The number of nitrogens with zero attached hydrogens (tertiary/aromatic N) is 2. The maximum Gasteiger partial charge on any atom is 0.247 e. The maximum atomic E-state index is 12.7. The average molecular weight is 380 g/mol. The Morgan fingerprint density at radius 3 is 2.79 bits per heavy atom. The van der Waals surface area contributed by atoms with Gasteiger partial charge in [-0.1, -0.05) is 30.3 Å². The van der Waals surface area contributed by atoms with E-state index in [1.54, 1.807) is 11.0 Å². The van der Waals surface area contributed by atoms with Crippen LogP contribution in [0.3, 0.4) is 0 Å². The molecule has 2 aliphatic rings. The van der Waals surface area contributed by atoms with Crippen molar-refractivity contribution in [3.8, 4) is 6.07 Å². The summed E-state index contributed by atoms with van der Waals surface area (Å²) in [5, 5.41) is 14.8. The lowest BCUT2D eigenvalue weighted by molar-refractivity contribution is -0.135. The van der Waals surface area contributed by atoms with Crippen molar-refractivity contribution in [2.75, 3.05) is 13.1 Å². The van der Waals surface area contributed by atoms with Gasteiger partial charge in [0.15, 0.2) is 0 Å². The Morgan fingerprint density at radius 2 is 2.11 bits per heavy atom. The molecular weight excluding hydrogens is 356 g/mol. The van der Waals surface area contributed by atoms with Gasteiger partial charge in [0.05, 0.1) is 6.07 Å². The molecule has 0 saturated carbocycles. The molecule has 28 heavy (non-hydrogen) atoms. The summed E-state index contributed by atoms with van der Waals surface area (Å²) in [5.74, 6) is -0.868.